The van der Waals surface area contributed by atoms with Gasteiger partial charge < -0.3 is 20.5 Å². The number of pyridine rings is 1. The highest BCUT2D eigenvalue weighted by Gasteiger charge is 2.14. The van der Waals surface area contributed by atoms with Crippen molar-refractivity contribution < 1.29 is 14.3 Å². The highest BCUT2D eigenvalue weighted by atomic mass is 35.5. The molecular weight excluding hydrogens is 485 g/mol. The van der Waals surface area contributed by atoms with Crippen LogP contribution in [0, 0.1) is 6.92 Å². The number of aromatic nitrogens is 1. The van der Waals surface area contributed by atoms with Crippen molar-refractivity contribution in [2.45, 2.75) is 13.5 Å². The first-order valence-corrected chi connectivity index (χ1v) is 11.6. The largest absolute Gasteiger partial charge is 0.487 e. The molecular formula is C27H23Cl2N3O3. The van der Waals surface area contributed by atoms with Gasteiger partial charge in [-0.1, -0.05) is 53.5 Å². The molecule has 6 nitrogen and oxygen atoms in total. The molecule has 0 saturated heterocycles. The van der Waals surface area contributed by atoms with Crippen LogP contribution >= 0.6 is 23.2 Å². The zero-order valence-corrected chi connectivity index (χ0v) is 20.4. The van der Waals surface area contributed by atoms with Crippen LogP contribution in [0.25, 0.3) is 17.0 Å². The van der Waals surface area contributed by atoms with Crippen molar-refractivity contribution in [1.29, 1.82) is 0 Å². The molecule has 0 spiro atoms. The monoisotopic (exact) mass is 507 g/mol. The van der Waals surface area contributed by atoms with Crippen LogP contribution in [0.3, 0.4) is 0 Å². The molecule has 8 heteroatoms. The lowest BCUT2D eigenvalue weighted by molar-refractivity contribution is -0.117. The molecule has 1 aromatic heterocycles. The second kappa shape index (κ2) is 11.1. The average molecular weight is 508 g/mol. The zero-order valence-electron chi connectivity index (χ0n) is 18.9. The topological polar surface area (TPSA) is 86.5 Å². The molecule has 35 heavy (non-hydrogen) atoms. The van der Waals surface area contributed by atoms with E-state index in [0.717, 1.165) is 22.2 Å². The molecule has 4 rings (SSSR count). The Morgan fingerprint density at radius 1 is 1.00 bits per heavy atom. The number of carbonyl (C=O) groups is 1. The van der Waals surface area contributed by atoms with E-state index < -0.39 is 0 Å². The molecule has 0 aliphatic carbocycles. The number of nitrogens with one attached hydrogen (secondary N) is 1. The number of rotatable bonds is 8. The first-order valence-electron chi connectivity index (χ1n) is 10.8. The number of anilines is 1. The second-order valence-electron chi connectivity index (χ2n) is 7.74. The van der Waals surface area contributed by atoms with E-state index in [1.54, 1.807) is 30.3 Å². The Labute approximate surface area is 213 Å². The highest BCUT2D eigenvalue weighted by molar-refractivity contribution is 6.36. The Balaban J connectivity index is 1.38. The van der Waals surface area contributed by atoms with E-state index in [0.29, 0.717) is 32.8 Å². The van der Waals surface area contributed by atoms with Crippen LogP contribution in [0.2, 0.25) is 10.0 Å². The summed E-state index contributed by atoms with van der Waals surface area (Å²) in [5.41, 5.74) is 9.41. The molecule has 0 aliphatic rings. The zero-order chi connectivity index (χ0) is 24.8. The molecule has 0 aliphatic heterocycles. The van der Waals surface area contributed by atoms with Gasteiger partial charge in [0.25, 0.3) is 0 Å². The first kappa shape index (κ1) is 24.4. The minimum Gasteiger partial charge on any atom is -0.487 e. The van der Waals surface area contributed by atoms with E-state index in [2.05, 4.69) is 10.3 Å². The number of aryl methyl sites for hydroxylation is 1. The smallest absolute Gasteiger partial charge is 0.246 e. The summed E-state index contributed by atoms with van der Waals surface area (Å²) in [4.78, 5) is 16.7. The number of ether oxygens (including phenoxy) is 2. The van der Waals surface area contributed by atoms with Crippen molar-refractivity contribution in [3.05, 3.63) is 99.7 Å². The van der Waals surface area contributed by atoms with Crippen LogP contribution in [0.4, 0.5) is 5.69 Å². The lowest BCUT2D eigenvalue weighted by Crippen LogP contribution is -2.26. The summed E-state index contributed by atoms with van der Waals surface area (Å²) >= 11 is 12.9. The number of hydrogen-bond acceptors (Lipinski definition) is 5. The Bertz CT molecular complexity index is 1390. The molecule has 0 fully saturated rings. The number of amides is 1. The maximum Gasteiger partial charge on any atom is 0.246 e. The van der Waals surface area contributed by atoms with Crippen LogP contribution in [-0.4, -0.2) is 17.6 Å². The second-order valence-corrected chi connectivity index (χ2v) is 8.52. The molecule has 0 bridgehead atoms. The van der Waals surface area contributed by atoms with Gasteiger partial charge in [0.2, 0.25) is 5.91 Å². The van der Waals surface area contributed by atoms with Gasteiger partial charge in [0, 0.05) is 33.4 Å². The number of benzene rings is 3. The minimum absolute atomic E-state index is 0.0704. The lowest BCUT2D eigenvalue weighted by Gasteiger charge is -2.14. The molecule has 1 heterocycles. The number of halogens is 2. The van der Waals surface area contributed by atoms with Crippen molar-refractivity contribution in [1.82, 2.24) is 10.3 Å². The highest BCUT2D eigenvalue weighted by Crippen LogP contribution is 2.35. The van der Waals surface area contributed by atoms with Crippen LogP contribution < -0.4 is 20.5 Å². The van der Waals surface area contributed by atoms with E-state index in [4.69, 9.17) is 38.4 Å². The van der Waals surface area contributed by atoms with Gasteiger partial charge in [0.1, 0.15) is 23.6 Å². The number of nitrogens with zero attached hydrogens (tertiary/aromatic N) is 1. The Hall–Kier alpha value is -3.74. The quantitative estimate of drug-likeness (QED) is 0.169. The molecule has 0 atom stereocenters. The Morgan fingerprint density at radius 3 is 2.60 bits per heavy atom. The van der Waals surface area contributed by atoms with Crippen molar-refractivity contribution in [2.75, 3.05) is 12.5 Å². The van der Waals surface area contributed by atoms with Crippen LogP contribution in [0.1, 0.15) is 16.8 Å². The molecule has 3 aromatic carbocycles. The number of nitrogens with two attached hydrogens (primary N) is 1. The SMILES string of the molecule is Cc1ccc2cccc(OCc3c(Cl)ccc(OCNC(=O)C=Cc4ccc(N)cc4)c3Cl)c2n1. The fourth-order valence-electron chi connectivity index (χ4n) is 3.33. The summed E-state index contributed by atoms with van der Waals surface area (Å²) in [6.45, 7) is 1.98. The number of para-hydroxylation sites is 1. The van der Waals surface area contributed by atoms with Crippen LogP contribution in [0.5, 0.6) is 11.5 Å². The number of nitrogen functional groups attached to an aromatic ring is 1. The third-order valence-electron chi connectivity index (χ3n) is 5.18. The van der Waals surface area contributed by atoms with Crippen molar-refractivity contribution >= 4 is 51.8 Å². The van der Waals surface area contributed by atoms with E-state index in [-0.39, 0.29) is 19.2 Å². The van der Waals surface area contributed by atoms with E-state index in [1.165, 1.54) is 6.08 Å². The van der Waals surface area contributed by atoms with E-state index in [1.807, 2.05) is 49.4 Å². The van der Waals surface area contributed by atoms with E-state index in [9.17, 15) is 4.79 Å². The fourth-order valence-corrected chi connectivity index (χ4v) is 3.86. The van der Waals surface area contributed by atoms with Crippen molar-refractivity contribution in [2.24, 2.45) is 0 Å². The van der Waals surface area contributed by atoms with Gasteiger partial charge in [-0.3, -0.25) is 4.79 Å². The maximum atomic E-state index is 12.1. The number of hydrogen-bond donors (Lipinski definition) is 2. The van der Waals surface area contributed by atoms with Gasteiger partial charge in [-0.2, -0.15) is 0 Å². The van der Waals surface area contributed by atoms with E-state index >= 15 is 0 Å². The normalized spacial score (nSPS) is 11.1. The third-order valence-corrected chi connectivity index (χ3v) is 5.95. The van der Waals surface area contributed by atoms with Gasteiger partial charge in [-0.25, -0.2) is 4.98 Å². The van der Waals surface area contributed by atoms with Crippen molar-refractivity contribution in [3.8, 4) is 11.5 Å². The number of carbonyl (C=O) groups excluding carboxylic acids is 1. The standard InChI is InChI=1S/C27H23Cl2N3O3/c1-17-5-9-19-3-2-4-24(27(19)32-17)34-15-21-22(28)12-13-23(26(21)29)35-16-31-25(33)14-8-18-6-10-20(30)11-7-18/h2-14H,15-16,30H2,1H3,(H,31,33). The van der Waals surface area contributed by atoms with Crippen LogP contribution in [-0.2, 0) is 11.4 Å². The van der Waals surface area contributed by atoms with Gasteiger partial charge in [-0.05, 0) is 55.0 Å². The predicted octanol–water partition coefficient (Wildman–Crippen LogP) is 6.18. The molecule has 0 saturated carbocycles. The molecule has 4 aromatic rings. The Morgan fingerprint density at radius 2 is 1.80 bits per heavy atom. The molecule has 0 unspecified atom stereocenters. The predicted molar refractivity (Wildman–Crippen MR) is 141 cm³/mol. The van der Waals surface area contributed by atoms with Gasteiger partial charge in [0.15, 0.2) is 6.73 Å². The fraction of sp³-hybridized carbons (Fsp3) is 0.111. The molecule has 178 valence electrons. The Kier molecular flexibility index (Phi) is 7.75. The summed E-state index contributed by atoms with van der Waals surface area (Å²) < 4.78 is 11.7. The summed E-state index contributed by atoms with van der Waals surface area (Å²) in [7, 11) is 0. The summed E-state index contributed by atoms with van der Waals surface area (Å²) in [6.07, 6.45) is 3.10. The van der Waals surface area contributed by atoms with Crippen molar-refractivity contribution in [3.63, 3.8) is 0 Å². The van der Waals surface area contributed by atoms with Gasteiger partial charge in [0.05, 0.1) is 5.02 Å². The first-order chi connectivity index (χ1) is 16.9. The number of fused-ring (bicyclic) bond motifs is 1. The van der Waals surface area contributed by atoms with Crippen LogP contribution in [0.15, 0.2) is 72.8 Å². The average Bonchev–Trinajstić information content (AvgIpc) is 2.85. The van der Waals surface area contributed by atoms with Gasteiger partial charge in [-0.15, -0.1) is 0 Å². The molecule has 0 radical (unpaired) electrons. The summed E-state index contributed by atoms with van der Waals surface area (Å²) in [5, 5.41) is 4.39. The summed E-state index contributed by atoms with van der Waals surface area (Å²) in [5.74, 6) is 0.698. The minimum atomic E-state index is -0.311. The molecule has 1 amide bonds. The third kappa shape index (κ3) is 6.23. The lowest BCUT2D eigenvalue weighted by atomic mass is 10.2. The molecule has 3 N–H and O–H groups in total. The van der Waals surface area contributed by atoms with Gasteiger partial charge >= 0.3 is 0 Å². The maximum absolute atomic E-state index is 12.1. The summed E-state index contributed by atoms with van der Waals surface area (Å²) in [6, 6.07) is 20.2.